The number of unbranched alkanes of at least 4 members (excludes halogenated alkanes) is 4. The minimum atomic E-state index is 0.630. The molecule has 108 valence electrons. The van der Waals surface area contributed by atoms with Gasteiger partial charge in [-0.15, -0.1) is 0 Å². The molecule has 0 aliphatic carbocycles. The van der Waals surface area contributed by atoms with Crippen LogP contribution in [-0.2, 0) is 6.54 Å². The molecule has 2 heteroatoms. The number of hydrogen-bond donors (Lipinski definition) is 1. The normalized spacial score (nSPS) is 10.7. The van der Waals surface area contributed by atoms with Gasteiger partial charge in [0.25, 0.3) is 0 Å². The van der Waals surface area contributed by atoms with E-state index in [0.29, 0.717) is 6.54 Å². The third-order valence-corrected chi connectivity index (χ3v) is 3.56. The van der Waals surface area contributed by atoms with Gasteiger partial charge in [-0.05, 0) is 30.5 Å². The van der Waals surface area contributed by atoms with E-state index in [1.165, 1.54) is 56.3 Å². The molecule has 0 spiro atoms. The van der Waals surface area contributed by atoms with Crippen LogP contribution in [0, 0.1) is 0 Å². The summed E-state index contributed by atoms with van der Waals surface area (Å²) in [6.07, 6.45) is 7.93. The second-order valence-corrected chi connectivity index (χ2v) is 5.27. The zero-order valence-electron chi connectivity index (χ0n) is 12.7. The van der Waals surface area contributed by atoms with E-state index in [-0.39, 0.29) is 0 Å². The van der Waals surface area contributed by atoms with Crippen molar-refractivity contribution in [3.05, 3.63) is 29.8 Å². The van der Waals surface area contributed by atoms with Crippen molar-refractivity contribution in [1.82, 2.24) is 0 Å². The highest BCUT2D eigenvalue weighted by Crippen LogP contribution is 2.17. The standard InChI is InChI=1S/C17H30N2/c1-3-5-6-7-8-14-19(13-4-2)17-11-9-16(15-18)10-12-17/h9-12H,3-8,13-15,18H2,1-2H3. The molecule has 19 heavy (non-hydrogen) atoms. The fourth-order valence-corrected chi connectivity index (χ4v) is 2.39. The van der Waals surface area contributed by atoms with Crippen molar-refractivity contribution in [3.63, 3.8) is 0 Å². The van der Waals surface area contributed by atoms with E-state index in [1.54, 1.807) is 0 Å². The van der Waals surface area contributed by atoms with Crippen LogP contribution in [-0.4, -0.2) is 13.1 Å². The van der Waals surface area contributed by atoms with E-state index in [0.717, 1.165) is 6.54 Å². The molecule has 2 N–H and O–H groups in total. The molecule has 0 aromatic heterocycles. The third-order valence-electron chi connectivity index (χ3n) is 3.56. The number of nitrogens with two attached hydrogens (primary N) is 1. The maximum atomic E-state index is 5.65. The van der Waals surface area contributed by atoms with E-state index in [2.05, 4.69) is 43.0 Å². The molecule has 0 unspecified atom stereocenters. The lowest BCUT2D eigenvalue weighted by molar-refractivity contribution is 0.615. The number of anilines is 1. The highest BCUT2D eigenvalue weighted by Gasteiger charge is 2.05. The van der Waals surface area contributed by atoms with Gasteiger partial charge in [0.15, 0.2) is 0 Å². The zero-order valence-corrected chi connectivity index (χ0v) is 12.7. The molecule has 0 saturated heterocycles. The maximum Gasteiger partial charge on any atom is 0.0366 e. The Morgan fingerprint density at radius 2 is 1.53 bits per heavy atom. The van der Waals surface area contributed by atoms with Gasteiger partial charge in [0.1, 0.15) is 0 Å². The molecule has 0 heterocycles. The second kappa shape index (κ2) is 9.85. The molecule has 0 aliphatic heterocycles. The lowest BCUT2D eigenvalue weighted by atomic mass is 10.1. The van der Waals surface area contributed by atoms with Crippen LogP contribution < -0.4 is 10.6 Å². The Hall–Kier alpha value is -1.02. The Labute approximate surface area is 119 Å². The van der Waals surface area contributed by atoms with Crippen LogP contribution >= 0.6 is 0 Å². The van der Waals surface area contributed by atoms with Crippen molar-refractivity contribution >= 4 is 5.69 Å². The van der Waals surface area contributed by atoms with E-state index in [1.807, 2.05) is 0 Å². The third kappa shape index (κ3) is 6.11. The van der Waals surface area contributed by atoms with Crippen LogP contribution in [0.15, 0.2) is 24.3 Å². The summed E-state index contributed by atoms with van der Waals surface area (Å²) < 4.78 is 0. The summed E-state index contributed by atoms with van der Waals surface area (Å²) in [6, 6.07) is 8.72. The molecule has 0 aliphatic rings. The first-order valence-corrected chi connectivity index (χ1v) is 7.85. The Kier molecular flexibility index (Phi) is 8.31. The highest BCUT2D eigenvalue weighted by atomic mass is 15.1. The van der Waals surface area contributed by atoms with Crippen molar-refractivity contribution in [3.8, 4) is 0 Å². The topological polar surface area (TPSA) is 29.3 Å². The first kappa shape index (κ1) is 16.0. The minimum absolute atomic E-state index is 0.630. The van der Waals surface area contributed by atoms with E-state index >= 15 is 0 Å². The largest absolute Gasteiger partial charge is 0.372 e. The summed E-state index contributed by atoms with van der Waals surface area (Å²) in [5.74, 6) is 0. The van der Waals surface area contributed by atoms with Gasteiger partial charge >= 0.3 is 0 Å². The van der Waals surface area contributed by atoms with Gasteiger partial charge in [-0.25, -0.2) is 0 Å². The number of hydrogen-bond acceptors (Lipinski definition) is 2. The predicted molar refractivity (Wildman–Crippen MR) is 85.6 cm³/mol. The molecule has 0 fully saturated rings. The molecule has 0 amide bonds. The van der Waals surface area contributed by atoms with Crippen molar-refractivity contribution in [2.24, 2.45) is 5.73 Å². The van der Waals surface area contributed by atoms with Gasteiger partial charge in [-0.2, -0.15) is 0 Å². The lowest BCUT2D eigenvalue weighted by Crippen LogP contribution is -2.25. The van der Waals surface area contributed by atoms with Crippen LogP contribution in [0.2, 0.25) is 0 Å². The quantitative estimate of drug-likeness (QED) is 0.636. The van der Waals surface area contributed by atoms with Gasteiger partial charge in [-0.3, -0.25) is 0 Å². The van der Waals surface area contributed by atoms with Gasteiger partial charge in [0.05, 0.1) is 0 Å². The molecule has 2 nitrogen and oxygen atoms in total. The summed E-state index contributed by atoms with van der Waals surface area (Å²) in [7, 11) is 0. The Morgan fingerprint density at radius 1 is 0.842 bits per heavy atom. The molecule has 0 radical (unpaired) electrons. The van der Waals surface area contributed by atoms with Gasteiger partial charge in [0, 0.05) is 25.3 Å². The van der Waals surface area contributed by atoms with E-state index in [9.17, 15) is 0 Å². The van der Waals surface area contributed by atoms with Crippen LogP contribution in [0.5, 0.6) is 0 Å². The smallest absolute Gasteiger partial charge is 0.0366 e. The maximum absolute atomic E-state index is 5.65. The molecular weight excluding hydrogens is 232 g/mol. The average molecular weight is 262 g/mol. The minimum Gasteiger partial charge on any atom is -0.372 e. The van der Waals surface area contributed by atoms with Gasteiger partial charge in [-0.1, -0.05) is 51.7 Å². The lowest BCUT2D eigenvalue weighted by Gasteiger charge is -2.24. The second-order valence-electron chi connectivity index (χ2n) is 5.27. The van der Waals surface area contributed by atoms with Crippen LogP contribution in [0.25, 0.3) is 0 Å². The number of benzene rings is 1. The van der Waals surface area contributed by atoms with Crippen LogP contribution in [0.1, 0.15) is 57.9 Å². The predicted octanol–water partition coefficient (Wildman–Crippen LogP) is 4.33. The molecule has 0 saturated carbocycles. The SMILES string of the molecule is CCCCCCCN(CCC)c1ccc(CN)cc1. The van der Waals surface area contributed by atoms with Crippen LogP contribution in [0.4, 0.5) is 5.69 Å². The molecular formula is C17H30N2. The fourth-order valence-electron chi connectivity index (χ4n) is 2.39. The summed E-state index contributed by atoms with van der Waals surface area (Å²) in [5, 5.41) is 0. The Bertz CT molecular complexity index is 319. The Morgan fingerprint density at radius 3 is 2.11 bits per heavy atom. The monoisotopic (exact) mass is 262 g/mol. The number of nitrogens with zero attached hydrogens (tertiary/aromatic N) is 1. The van der Waals surface area contributed by atoms with Crippen molar-refractivity contribution < 1.29 is 0 Å². The number of rotatable bonds is 10. The summed E-state index contributed by atoms with van der Waals surface area (Å²) in [4.78, 5) is 2.51. The molecule has 1 aromatic carbocycles. The van der Waals surface area contributed by atoms with Crippen molar-refractivity contribution in [1.29, 1.82) is 0 Å². The van der Waals surface area contributed by atoms with E-state index < -0.39 is 0 Å². The van der Waals surface area contributed by atoms with Gasteiger partial charge in [0.2, 0.25) is 0 Å². The summed E-state index contributed by atoms with van der Waals surface area (Å²) >= 11 is 0. The fraction of sp³-hybridized carbons (Fsp3) is 0.647. The van der Waals surface area contributed by atoms with Crippen LogP contribution in [0.3, 0.4) is 0 Å². The summed E-state index contributed by atoms with van der Waals surface area (Å²) in [5.41, 5.74) is 8.20. The average Bonchev–Trinajstić information content (AvgIpc) is 2.46. The molecule has 1 rings (SSSR count). The highest BCUT2D eigenvalue weighted by molar-refractivity contribution is 5.47. The zero-order chi connectivity index (χ0) is 13.9. The van der Waals surface area contributed by atoms with Gasteiger partial charge < -0.3 is 10.6 Å². The van der Waals surface area contributed by atoms with E-state index in [4.69, 9.17) is 5.73 Å². The summed E-state index contributed by atoms with van der Waals surface area (Å²) in [6.45, 7) is 7.47. The van der Waals surface area contributed by atoms with Crippen molar-refractivity contribution in [2.45, 2.75) is 58.9 Å². The molecule has 1 aromatic rings. The molecule has 0 bridgehead atoms. The first-order chi connectivity index (χ1) is 9.31. The first-order valence-electron chi connectivity index (χ1n) is 7.85. The van der Waals surface area contributed by atoms with Crippen molar-refractivity contribution in [2.75, 3.05) is 18.0 Å². The Balaban J connectivity index is 2.45. The molecule has 0 atom stereocenters.